The number of benzene rings is 1. The fourth-order valence-electron chi connectivity index (χ4n) is 2.51. The second kappa shape index (κ2) is 6.55. The number of nitrogens with one attached hydrogen (secondary N) is 1. The summed E-state index contributed by atoms with van der Waals surface area (Å²) in [6.07, 6.45) is 4.05. The SMILES string of the molecule is CC1CCC(NC(=O)c2cc(Cl)cc(S(=O)(=O)Cl)c2)CC1. The predicted octanol–water partition coefficient (Wildman–Crippen LogP) is 3.58. The third-order valence-corrected chi connectivity index (χ3v) is 5.32. The van der Waals surface area contributed by atoms with E-state index in [0.29, 0.717) is 5.92 Å². The fourth-order valence-corrected chi connectivity index (χ4v) is 3.61. The zero-order valence-electron chi connectivity index (χ0n) is 11.6. The topological polar surface area (TPSA) is 63.2 Å². The molecule has 1 aliphatic carbocycles. The van der Waals surface area contributed by atoms with E-state index in [-0.39, 0.29) is 27.4 Å². The molecule has 1 N–H and O–H groups in total. The minimum absolute atomic E-state index is 0.128. The second-order valence-electron chi connectivity index (χ2n) is 5.54. The summed E-state index contributed by atoms with van der Waals surface area (Å²) in [6, 6.07) is 4.04. The maximum absolute atomic E-state index is 12.2. The van der Waals surface area contributed by atoms with Crippen LogP contribution in [-0.4, -0.2) is 20.4 Å². The number of carbonyl (C=O) groups excluding carboxylic acids is 1. The molecule has 7 heteroatoms. The lowest BCUT2D eigenvalue weighted by Crippen LogP contribution is -2.37. The summed E-state index contributed by atoms with van der Waals surface area (Å²) in [6.45, 7) is 2.20. The molecule has 116 valence electrons. The first kappa shape index (κ1) is 16.6. The van der Waals surface area contributed by atoms with Crippen molar-refractivity contribution < 1.29 is 13.2 Å². The molecule has 0 heterocycles. The molecule has 2 rings (SSSR count). The molecule has 0 saturated heterocycles. The molecule has 0 radical (unpaired) electrons. The van der Waals surface area contributed by atoms with Crippen LogP contribution in [0.2, 0.25) is 5.02 Å². The summed E-state index contributed by atoms with van der Waals surface area (Å²) >= 11 is 5.86. The second-order valence-corrected chi connectivity index (χ2v) is 8.55. The van der Waals surface area contributed by atoms with Gasteiger partial charge in [0, 0.05) is 27.3 Å². The summed E-state index contributed by atoms with van der Waals surface area (Å²) < 4.78 is 22.7. The first-order chi connectivity index (χ1) is 9.75. The average molecular weight is 350 g/mol. The van der Waals surface area contributed by atoms with Gasteiger partial charge in [-0.15, -0.1) is 0 Å². The zero-order chi connectivity index (χ0) is 15.6. The van der Waals surface area contributed by atoms with Crippen molar-refractivity contribution in [2.45, 2.75) is 43.5 Å². The Bertz CT molecular complexity index is 638. The van der Waals surface area contributed by atoms with Gasteiger partial charge in [0.05, 0.1) is 4.90 Å². The van der Waals surface area contributed by atoms with Crippen molar-refractivity contribution in [3.05, 3.63) is 28.8 Å². The molecule has 1 aromatic rings. The van der Waals surface area contributed by atoms with Crippen molar-refractivity contribution in [1.82, 2.24) is 5.32 Å². The van der Waals surface area contributed by atoms with Gasteiger partial charge in [-0.05, 0) is 49.8 Å². The summed E-state index contributed by atoms with van der Waals surface area (Å²) in [4.78, 5) is 12.1. The van der Waals surface area contributed by atoms with E-state index in [9.17, 15) is 13.2 Å². The number of amides is 1. The molecule has 4 nitrogen and oxygen atoms in total. The Morgan fingerprint density at radius 2 is 1.81 bits per heavy atom. The molecule has 0 spiro atoms. The summed E-state index contributed by atoms with van der Waals surface area (Å²) in [5.74, 6) is 0.371. The number of halogens is 2. The van der Waals surface area contributed by atoms with Gasteiger partial charge >= 0.3 is 0 Å². The molecule has 1 aliphatic rings. The van der Waals surface area contributed by atoms with Crippen LogP contribution in [0.4, 0.5) is 0 Å². The Kier molecular flexibility index (Phi) is 5.17. The van der Waals surface area contributed by atoms with Crippen LogP contribution in [0.1, 0.15) is 43.0 Å². The summed E-state index contributed by atoms with van der Waals surface area (Å²) in [5, 5.41) is 3.09. The Morgan fingerprint density at radius 3 is 2.38 bits per heavy atom. The van der Waals surface area contributed by atoms with Crippen LogP contribution in [0.15, 0.2) is 23.1 Å². The van der Waals surface area contributed by atoms with Crippen LogP contribution in [0, 0.1) is 5.92 Å². The molecule has 0 aromatic heterocycles. The van der Waals surface area contributed by atoms with Crippen molar-refractivity contribution in [3.63, 3.8) is 0 Å². The van der Waals surface area contributed by atoms with Gasteiger partial charge in [-0.1, -0.05) is 18.5 Å². The number of rotatable bonds is 3. The van der Waals surface area contributed by atoms with Crippen LogP contribution < -0.4 is 5.32 Å². The molecule has 1 saturated carbocycles. The lowest BCUT2D eigenvalue weighted by atomic mass is 9.87. The molecule has 1 fully saturated rings. The number of hydrogen-bond donors (Lipinski definition) is 1. The van der Waals surface area contributed by atoms with Crippen LogP contribution in [0.3, 0.4) is 0 Å². The first-order valence-electron chi connectivity index (χ1n) is 6.82. The zero-order valence-corrected chi connectivity index (χ0v) is 13.9. The molecule has 0 bridgehead atoms. The number of carbonyl (C=O) groups is 1. The lowest BCUT2D eigenvalue weighted by Gasteiger charge is -2.27. The third-order valence-electron chi connectivity index (χ3n) is 3.77. The molecule has 0 aliphatic heterocycles. The van der Waals surface area contributed by atoms with Gasteiger partial charge in [-0.25, -0.2) is 8.42 Å². The van der Waals surface area contributed by atoms with Gasteiger partial charge in [-0.2, -0.15) is 0 Å². The van der Waals surface area contributed by atoms with Crippen molar-refractivity contribution in [2.24, 2.45) is 5.92 Å². The van der Waals surface area contributed by atoms with Crippen molar-refractivity contribution in [2.75, 3.05) is 0 Å². The molecule has 0 unspecified atom stereocenters. The lowest BCUT2D eigenvalue weighted by molar-refractivity contribution is 0.0923. The van der Waals surface area contributed by atoms with Gasteiger partial charge in [0.2, 0.25) is 0 Å². The van der Waals surface area contributed by atoms with Gasteiger partial charge < -0.3 is 5.32 Å². The highest BCUT2D eigenvalue weighted by Crippen LogP contribution is 2.25. The monoisotopic (exact) mass is 349 g/mol. The van der Waals surface area contributed by atoms with Gasteiger partial charge in [0.25, 0.3) is 15.0 Å². The van der Waals surface area contributed by atoms with E-state index in [2.05, 4.69) is 12.2 Å². The predicted molar refractivity (Wildman–Crippen MR) is 83.4 cm³/mol. The van der Waals surface area contributed by atoms with Crippen molar-refractivity contribution in [3.8, 4) is 0 Å². The van der Waals surface area contributed by atoms with Crippen LogP contribution in [-0.2, 0) is 9.05 Å². The fraction of sp³-hybridized carbons (Fsp3) is 0.500. The van der Waals surface area contributed by atoms with Gasteiger partial charge in [0.15, 0.2) is 0 Å². The highest BCUT2D eigenvalue weighted by molar-refractivity contribution is 8.13. The van der Waals surface area contributed by atoms with E-state index in [0.717, 1.165) is 25.7 Å². The van der Waals surface area contributed by atoms with E-state index in [1.54, 1.807) is 0 Å². The molecule has 0 atom stereocenters. The van der Waals surface area contributed by atoms with Crippen LogP contribution in [0.25, 0.3) is 0 Å². The van der Waals surface area contributed by atoms with E-state index < -0.39 is 9.05 Å². The Hall–Kier alpha value is -0.780. The number of hydrogen-bond acceptors (Lipinski definition) is 3. The minimum Gasteiger partial charge on any atom is -0.349 e. The molecular weight excluding hydrogens is 333 g/mol. The highest BCUT2D eigenvalue weighted by atomic mass is 35.7. The Labute approximate surface area is 134 Å². The molecular formula is C14H17Cl2NO3S. The Balaban J connectivity index is 2.14. The third kappa shape index (κ3) is 4.59. The molecule has 1 amide bonds. The maximum atomic E-state index is 12.2. The first-order valence-corrected chi connectivity index (χ1v) is 9.50. The average Bonchev–Trinajstić information content (AvgIpc) is 2.39. The van der Waals surface area contributed by atoms with E-state index in [1.165, 1.54) is 18.2 Å². The van der Waals surface area contributed by atoms with Crippen LogP contribution >= 0.6 is 22.3 Å². The summed E-state index contributed by atoms with van der Waals surface area (Å²) in [7, 11) is 1.38. The van der Waals surface area contributed by atoms with Crippen molar-refractivity contribution in [1.29, 1.82) is 0 Å². The summed E-state index contributed by atoms with van der Waals surface area (Å²) in [5.41, 5.74) is 0.209. The molecule has 1 aromatic carbocycles. The quantitative estimate of drug-likeness (QED) is 0.848. The van der Waals surface area contributed by atoms with Crippen molar-refractivity contribution >= 4 is 37.2 Å². The van der Waals surface area contributed by atoms with Crippen LogP contribution in [0.5, 0.6) is 0 Å². The largest absolute Gasteiger partial charge is 0.349 e. The smallest absolute Gasteiger partial charge is 0.261 e. The van der Waals surface area contributed by atoms with Gasteiger partial charge in [0.1, 0.15) is 0 Å². The standard InChI is InChI=1S/C14H17Cl2NO3S/c1-9-2-4-12(5-3-9)17-14(18)10-6-11(15)8-13(7-10)21(16,19)20/h6-9,12H,2-5H2,1H3,(H,17,18). The molecule has 21 heavy (non-hydrogen) atoms. The highest BCUT2D eigenvalue weighted by Gasteiger charge is 2.21. The van der Waals surface area contributed by atoms with E-state index >= 15 is 0 Å². The van der Waals surface area contributed by atoms with E-state index in [1.807, 2.05) is 0 Å². The minimum atomic E-state index is -3.91. The Morgan fingerprint density at radius 1 is 1.19 bits per heavy atom. The van der Waals surface area contributed by atoms with E-state index in [4.69, 9.17) is 22.3 Å². The maximum Gasteiger partial charge on any atom is 0.261 e. The normalized spacial score (nSPS) is 22.8. The van der Waals surface area contributed by atoms with Gasteiger partial charge in [-0.3, -0.25) is 4.79 Å².